The van der Waals surface area contributed by atoms with E-state index in [0.29, 0.717) is 0 Å². The molecule has 2 aromatic rings. The van der Waals surface area contributed by atoms with Crippen molar-refractivity contribution in [3.8, 4) is 5.75 Å². The fraction of sp³-hybridized carbons (Fsp3) is 0.308. The Morgan fingerprint density at radius 3 is 2.75 bits per heavy atom. The van der Waals surface area contributed by atoms with E-state index in [0.717, 1.165) is 28.5 Å². The number of fused-ring (bicyclic) bond motifs is 1. The first-order valence-electron chi connectivity index (χ1n) is 5.34. The maximum atomic E-state index is 12.0. The number of nitrogens with zero attached hydrogens (tertiary/aromatic N) is 1. The van der Waals surface area contributed by atoms with Crippen LogP contribution in [0.3, 0.4) is 0 Å². The summed E-state index contributed by atoms with van der Waals surface area (Å²) in [5, 5.41) is 1.66. The fourth-order valence-electron chi connectivity index (χ4n) is 2.03. The first-order valence-corrected chi connectivity index (χ1v) is 5.34. The van der Waals surface area contributed by atoms with Crippen LogP contribution in [-0.2, 0) is 13.5 Å². The Balaban J connectivity index is 2.99. The number of methoxy groups -OCH3 is 1. The lowest BCUT2D eigenvalue weighted by Gasteiger charge is -2.11. The molecule has 0 spiro atoms. The number of hydrogen-bond acceptors (Lipinski definition) is 2. The van der Waals surface area contributed by atoms with Gasteiger partial charge in [0.15, 0.2) is 0 Å². The maximum Gasteiger partial charge on any atom is 0.258 e. The summed E-state index contributed by atoms with van der Waals surface area (Å²) in [6.45, 7) is 2.08. The van der Waals surface area contributed by atoms with Crippen LogP contribution in [-0.4, -0.2) is 11.7 Å². The van der Waals surface area contributed by atoms with E-state index in [1.165, 1.54) is 0 Å². The highest BCUT2D eigenvalue weighted by Gasteiger charge is 2.09. The van der Waals surface area contributed by atoms with E-state index in [2.05, 4.69) is 6.92 Å². The highest BCUT2D eigenvalue weighted by atomic mass is 16.5. The molecule has 1 heterocycles. The lowest BCUT2D eigenvalue weighted by molar-refractivity contribution is 0.419. The van der Waals surface area contributed by atoms with Crippen LogP contribution >= 0.6 is 0 Å². The number of rotatable bonds is 2. The summed E-state index contributed by atoms with van der Waals surface area (Å²) in [5.41, 5.74) is 1.15. The highest BCUT2D eigenvalue weighted by molar-refractivity contribution is 5.90. The van der Waals surface area contributed by atoms with Gasteiger partial charge in [0, 0.05) is 18.6 Å². The highest BCUT2D eigenvalue weighted by Crippen LogP contribution is 2.26. The predicted molar refractivity (Wildman–Crippen MR) is 65.1 cm³/mol. The first-order chi connectivity index (χ1) is 7.69. The number of hydrogen-bond donors (Lipinski definition) is 0. The molecule has 0 aliphatic rings. The molecule has 2 rings (SSSR count). The molecule has 3 heteroatoms. The second-order valence-corrected chi connectivity index (χ2v) is 3.81. The summed E-state index contributed by atoms with van der Waals surface area (Å²) in [6.07, 6.45) is 2.76. The second kappa shape index (κ2) is 4.00. The van der Waals surface area contributed by atoms with Crippen molar-refractivity contribution in [3.05, 3.63) is 40.3 Å². The Labute approximate surface area is 94.3 Å². The number of aryl methyl sites for hydroxylation is 2. The molecule has 0 aliphatic heterocycles. The molecule has 3 nitrogen and oxygen atoms in total. The van der Waals surface area contributed by atoms with Gasteiger partial charge in [0.25, 0.3) is 5.56 Å². The average molecular weight is 217 g/mol. The predicted octanol–water partition coefficient (Wildman–Crippen LogP) is 2.11. The minimum Gasteiger partial charge on any atom is -0.496 e. The molecule has 1 aromatic heterocycles. The lowest BCUT2D eigenvalue weighted by Crippen LogP contribution is -2.17. The number of pyridine rings is 1. The van der Waals surface area contributed by atoms with Crippen LogP contribution in [0.4, 0.5) is 0 Å². The summed E-state index contributed by atoms with van der Waals surface area (Å²) in [4.78, 5) is 12.0. The van der Waals surface area contributed by atoms with Crippen molar-refractivity contribution in [1.82, 2.24) is 4.57 Å². The summed E-state index contributed by atoms with van der Waals surface area (Å²) >= 11 is 0. The van der Waals surface area contributed by atoms with Gasteiger partial charge in [-0.2, -0.15) is 0 Å². The Hall–Kier alpha value is -1.77. The van der Waals surface area contributed by atoms with Crippen molar-refractivity contribution >= 4 is 10.8 Å². The molecular formula is C13H15NO2. The largest absolute Gasteiger partial charge is 0.496 e. The van der Waals surface area contributed by atoms with E-state index in [4.69, 9.17) is 4.74 Å². The van der Waals surface area contributed by atoms with Crippen molar-refractivity contribution in [3.63, 3.8) is 0 Å². The summed E-state index contributed by atoms with van der Waals surface area (Å²) in [7, 11) is 3.41. The van der Waals surface area contributed by atoms with Crippen LogP contribution in [0.2, 0.25) is 0 Å². The third-order valence-electron chi connectivity index (χ3n) is 2.85. The van der Waals surface area contributed by atoms with Gasteiger partial charge >= 0.3 is 0 Å². The standard InChI is InChI=1S/C13H15NO2/c1-4-9-8-14(2)13(15)10-6-5-7-11(16-3)12(9)10/h5-8H,4H2,1-3H3. The van der Waals surface area contributed by atoms with E-state index in [9.17, 15) is 4.79 Å². The van der Waals surface area contributed by atoms with Gasteiger partial charge < -0.3 is 9.30 Å². The van der Waals surface area contributed by atoms with Gasteiger partial charge in [0.1, 0.15) is 5.75 Å². The zero-order valence-electron chi connectivity index (χ0n) is 9.78. The van der Waals surface area contributed by atoms with Crippen molar-refractivity contribution in [2.45, 2.75) is 13.3 Å². The third kappa shape index (κ3) is 1.48. The Morgan fingerprint density at radius 1 is 1.38 bits per heavy atom. The monoisotopic (exact) mass is 217 g/mol. The van der Waals surface area contributed by atoms with Gasteiger partial charge in [-0.1, -0.05) is 13.0 Å². The van der Waals surface area contributed by atoms with Crippen LogP contribution in [0.1, 0.15) is 12.5 Å². The summed E-state index contributed by atoms with van der Waals surface area (Å²) in [5.74, 6) is 0.770. The molecule has 0 amide bonds. The van der Waals surface area contributed by atoms with Crippen molar-refractivity contribution in [1.29, 1.82) is 0 Å². The van der Waals surface area contributed by atoms with Gasteiger partial charge in [0.05, 0.1) is 12.5 Å². The number of benzene rings is 1. The van der Waals surface area contributed by atoms with Gasteiger partial charge in [-0.15, -0.1) is 0 Å². The van der Waals surface area contributed by atoms with Gasteiger partial charge in [-0.05, 0) is 24.1 Å². The lowest BCUT2D eigenvalue weighted by atomic mass is 10.0. The fourth-order valence-corrected chi connectivity index (χ4v) is 2.03. The SMILES string of the molecule is CCc1cn(C)c(=O)c2cccc(OC)c12. The van der Waals surface area contributed by atoms with Gasteiger partial charge in [-0.25, -0.2) is 0 Å². The minimum absolute atomic E-state index is 0.0195. The number of aromatic nitrogens is 1. The Bertz CT molecular complexity index is 584. The quantitative estimate of drug-likeness (QED) is 0.771. The molecule has 0 bridgehead atoms. The zero-order valence-corrected chi connectivity index (χ0v) is 9.78. The molecule has 1 aromatic carbocycles. The number of ether oxygens (including phenoxy) is 1. The third-order valence-corrected chi connectivity index (χ3v) is 2.85. The second-order valence-electron chi connectivity index (χ2n) is 3.81. The molecule has 0 atom stereocenters. The molecule has 0 radical (unpaired) electrons. The van der Waals surface area contributed by atoms with Crippen molar-refractivity contribution in [2.75, 3.05) is 7.11 Å². The first kappa shape index (κ1) is 10.7. The Morgan fingerprint density at radius 2 is 2.12 bits per heavy atom. The van der Waals surface area contributed by atoms with E-state index in [1.807, 2.05) is 24.4 Å². The van der Waals surface area contributed by atoms with Crippen LogP contribution < -0.4 is 10.3 Å². The van der Waals surface area contributed by atoms with Crippen molar-refractivity contribution < 1.29 is 4.74 Å². The van der Waals surface area contributed by atoms with Crippen molar-refractivity contribution in [2.24, 2.45) is 7.05 Å². The van der Waals surface area contributed by atoms with E-state index >= 15 is 0 Å². The molecular weight excluding hydrogens is 202 g/mol. The molecule has 0 fully saturated rings. The van der Waals surface area contributed by atoms with Crippen LogP contribution in [0.15, 0.2) is 29.2 Å². The molecule has 0 N–H and O–H groups in total. The molecule has 16 heavy (non-hydrogen) atoms. The van der Waals surface area contributed by atoms with E-state index < -0.39 is 0 Å². The molecule has 0 unspecified atom stereocenters. The average Bonchev–Trinajstić information content (AvgIpc) is 2.32. The molecule has 0 aliphatic carbocycles. The molecule has 0 saturated carbocycles. The zero-order chi connectivity index (χ0) is 11.7. The molecule has 0 saturated heterocycles. The smallest absolute Gasteiger partial charge is 0.258 e. The topological polar surface area (TPSA) is 31.2 Å². The van der Waals surface area contributed by atoms with E-state index in [1.54, 1.807) is 18.7 Å². The van der Waals surface area contributed by atoms with Gasteiger partial charge in [-0.3, -0.25) is 4.79 Å². The molecule has 84 valence electrons. The summed E-state index contributed by atoms with van der Waals surface area (Å²) in [6, 6.07) is 5.59. The normalized spacial score (nSPS) is 10.7. The maximum absolute atomic E-state index is 12.0. The van der Waals surface area contributed by atoms with E-state index in [-0.39, 0.29) is 5.56 Å². The van der Waals surface area contributed by atoms with Crippen LogP contribution in [0.25, 0.3) is 10.8 Å². The van der Waals surface area contributed by atoms with Crippen LogP contribution in [0, 0.1) is 0 Å². The van der Waals surface area contributed by atoms with Gasteiger partial charge in [0.2, 0.25) is 0 Å². The summed E-state index contributed by atoms with van der Waals surface area (Å²) < 4.78 is 6.94. The van der Waals surface area contributed by atoms with Crippen LogP contribution in [0.5, 0.6) is 5.75 Å². The Kier molecular flexibility index (Phi) is 2.69. The minimum atomic E-state index is 0.0195.